The van der Waals surface area contributed by atoms with E-state index in [1.54, 1.807) is 6.92 Å². The van der Waals surface area contributed by atoms with Crippen LogP contribution in [0.1, 0.15) is 18.7 Å². The van der Waals surface area contributed by atoms with E-state index < -0.39 is 6.17 Å². The minimum absolute atomic E-state index is 0.750. The fourth-order valence-electron chi connectivity index (χ4n) is 0.728. The molecule has 0 bridgehead atoms. The van der Waals surface area contributed by atoms with Crippen molar-refractivity contribution in [2.24, 2.45) is 0 Å². The predicted octanol–water partition coefficient (Wildman–Crippen LogP) is 3.32. The fraction of sp³-hybridized carbons (Fsp3) is 0.250. The Morgan fingerprint density at radius 1 is 1.30 bits per heavy atom. The van der Waals surface area contributed by atoms with Crippen LogP contribution in [-0.4, -0.2) is 0 Å². The molecule has 0 saturated carbocycles. The fourth-order valence-corrected chi connectivity index (χ4v) is 1.09. The highest BCUT2D eigenvalue weighted by Crippen LogP contribution is 2.16. The number of rotatable bonds is 1. The summed E-state index contributed by atoms with van der Waals surface area (Å²) in [5.74, 6) is 0. The molecule has 2 heteroatoms. The van der Waals surface area contributed by atoms with Crippen molar-refractivity contribution in [3.8, 4) is 0 Å². The lowest BCUT2D eigenvalue weighted by Crippen LogP contribution is -1.83. The summed E-state index contributed by atoms with van der Waals surface area (Å²) in [4.78, 5) is 0. The first-order chi connectivity index (χ1) is 4.70. The van der Waals surface area contributed by atoms with Gasteiger partial charge in [0.1, 0.15) is 6.17 Å². The third-order valence-electron chi connectivity index (χ3n) is 1.33. The Balaban J connectivity index is 2.89. The van der Waals surface area contributed by atoms with Crippen LogP contribution in [0.15, 0.2) is 24.3 Å². The minimum Gasteiger partial charge on any atom is -0.243 e. The molecule has 1 unspecified atom stereocenters. The van der Waals surface area contributed by atoms with E-state index in [1.165, 1.54) is 0 Å². The van der Waals surface area contributed by atoms with E-state index >= 15 is 0 Å². The van der Waals surface area contributed by atoms with E-state index in [1.807, 2.05) is 24.3 Å². The third-order valence-corrected chi connectivity index (χ3v) is 2.05. The Morgan fingerprint density at radius 3 is 2.20 bits per heavy atom. The van der Waals surface area contributed by atoms with Gasteiger partial charge in [0.15, 0.2) is 0 Å². The molecule has 0 saturated heterocycles. The lowest BCUT2D eigenvalue weighted by atomic mass is 10.1. The van der Waals surface area contributed by atoms with E-state index in [9.17, 15) is 4.39 Å². The molecule has 1 rings (SSSR count). The normalized spacial score (nSPS) is 13.1. The lowest BCUT2D eigenvalue weighted by Gasteiger charge is -1.99. The lowest BCUT2D eigenvalue weighted by molar-refractivity contribution is 0.374. The van der Waals surface area contributed by atoms with Crippen LogP contribution in [0.3, 0.4) is 0 Å². The quantitative estimate of drug-likeness (QED) is 0.670. The smallest absolute Gasteiger partial charge is 0.122 e. The van der Waals surface area contributed by atoms with Crippen molar-refractivity contribution in [3.63, 3.8) is 0 Å². The molecule has 0 nitrogen and oxygen atoms in total. The molecule has 0 amide bonds. The van der Waals surface area contributed by atoms with Gasteiger partial charge in [0.25, 0.3) is 0 Å². The molecule has 0 aliphatic rings. The zero-order valence-electron chi connectivity index (χ0n) is 5.64. The second-order valence-corrected chi connectivity index (χ2v) is 3.41. The Morgan fingerprint density at radius 2 is 1.80 bits per heavy atom. The van der Waals surface area contributed by atoms with Crippen LogP contribution in [0.25, 0.3) is 0 Å². The summed E-state index contributed by atoms with van der Waals surface area (Å²) in [6, 6.07) is 7.44. The van der Waals surface area contributed by atoms with E-state index in [0.29, 0.717) is 0 Å². The standard InChI is InChI=1S/C8H8FI/c1-6(9)7-2-4-8(10)5-3-7/h2-6H,1H3. The summed E-state index contributed by atoms with van der Waals surface area (Å²) in [6.07, 6.45) is -0.850. The van der Waals surface area contributed by atoms with Gasteiger partial charge in [0.2, 0.25) is 0 Å². The largest absolute Gasteiger partial charge is 0.243 e. The van der Waals surface area contributed by atoms with Crippen molar-refractivity contribution in [2.75, 3.05) is 0 Å². The van der Waals surface area contributed by atoms with Gasteiger partial charge in [-0.15, -0.1) is 0 Å². The molecular weight excluding hydrogens is 242 g/mol. The van der Waals surface area contributed by atoms with Crippen LogP contribution in [-0.2, 0) is 0 Å². The van der Waals surface area contributed by atoms with Gasteiger partial charge in [0, 0.05) is 3.57 Å². The zero-order chi connectivity index (χ0) is 7.56. The highest BCUT2D eigenvalue weighted by molar-refractivity contribution is 14.1. The summed E-state index contributed by atoms with van der Waals surface area (Å²) in [6.45, 7) is 1.54. The Bertz CT molecular complexity index is 203. The molecule has 0 aliphatic carbocycles. The van der Waals surface area contributed by atoms with Crippen molar-refractivity contribution in [1.82, 2.24) is 0 Å². The predicted molar refractivity (Wildman–Crippen MR) is 48.7 cm³/mol. The summed E-state index contributed by atoms with van der Waals surface area (Å²) >= 11 is 2.20. The van der Waals surface area contributed by atoms with Crippen LogP contribution in [0.5, 0.6) is 0 Å². The van der Waals surface area contributed by atoms with E-state index in [4.69, 9.17) is 0 Å². The van der Waals surface area contributed by atoms with Crippen molar-refractivity contribution < 1.29 is 4.39 Å². The minimum atomic E-state index is -0.850. The van der Waals surface area contributed by atoms with Crippen LogP contribution in [0.2, 0.25) is 0 Å². The van der Waals surface area contributed by atoms with Gasteiger partial charge in [0.05, 0.1) is 0 Å². The van der Waals surface area contributed by atoms with Gasteiger partial charge in [-0.25, -0.2) is 4.39 Å². The van der Waals surface area contributed by atoms with Crippen LogP contribution >= 0.6 is 22.6 Å². The maximum absolute atomic E-state index is 12.6. The molecule has 0 fully saturated rings. The Hall–Kier alpha value is -0.120. The molecule has 0 aliphatic heterocycles. The Kier molecular flexibility index (Phi) is 2.65. The highest BCUT2D eigenvalue weighted by Gasteiger charge is 1.99. The first-order valence-corrected chi connectivity index (χ1v) is 4.17. The van der Waals surface area contributed by atoms with Crippen molar-refractivity contribution >= 4 is 22.6 Å². The molecule has 0 N–H and O–H groups in total. The van der Waals surface area contributed by atoms with E-state index in [2.05, 4.69) is 22.6 Å². The summed E-state index contributed by atoms with van der Waals surface area (Å²) < 4.78 is 13.7. The summed E-state index contributed by atoms with van der Waals surface area (Å²) in [5.41, 5.74) is 0.750. The summed E-state index contributed by atoms with van der Waals surface area (Å²) in [5, 5.41) is 0. The molecule has 0 aromatic heterocycles. The first kappa shape index (κ1) is 7.98. The molecule has 1 atom stereocenters. The topological polar surface area (TPSA) is 0 Å². The second-order valence-electron chi connectivity index (χ2n) is 2.17. The van der Waals surface area contributed by atoms with Crippen LogP contribution < -0.4 is 0 Å². The third kappa shape index (κ3) is 1.94. The molecule has 0 heterocycles. The van der Waals surface area contributed by atoms with Crippen LogP contribution in [0, 0.1) is 3.57 Å². The van der Waals surface area contributed by atoms with Gasteiger partial charge in [-0.3, -0.25) is 0 Å². The number of alkyl halides is 1. The van der Waals surface area contributed by atoms with Crippen LogP contribution in [0.4, 0.5) is 4.39 Å². The molecule has 54 valence electrons. The maximum Gasteiger partial charge on any atom is 0.122 e. The number of hydrogen-bond acceptors (Lipinski definition) is 0. The van der Waals surface area contributed by atoms with Gasteiger partial charge in [-0.2, -0.15) is 0 Å². The summed E-state index contributed by atoms with van der Waals surface area (Å²) in [7, 11) is 0. The van der Waals surface area contributed by atoms with E-state index in [-0.39, 0.29) is 0 Å². The Labute approximate surface area is 73.6 Å². The van der Waals surface area contributed by atoms with Gasteiger partial charge in [-0.1, -0.05) is 12.1 Å². The maximum atomic E-state index is 12.6. The SMILES string of the molecule is CC(F)c1ccc(I)cc1. The average molecular weight is 250 g/mol. The van der Waals surface area contributed by atoms with Crippen molar-refractivity contribution in [1.29, 1.82) is 0 Å². The number of halogens is 2. The molecule has 1 aromatic rings. The molecular formula is C8H8FI. The van der Waals surface area contributed by atoms with Gasteiger partial charge < -0.3 is 0 Å². The monoisotopic (exact) mass is 250 g/mol. The second kappa shape index (κ2) is 3.32. The number of hydrogen-bond donors (Lipinski definition) is 0. The molecule has 10 heavy (non-hydrogen) atoms. The van der Waals surface area contributed by atoms with Gasteiger partial charge >= 0.3 is 0 Å². The zero-order valence-corrected chi connectivity index (χ0v) is 7.80. The molecule has 1 aromatic carbocycles. The molecule has 0 radical (unpaired) electrons. The highest BCUT2D eigenvalue weighted by atomic mass is 127. The van der Waals surface area contributed by atoms with Gasteiger partial charge in [-0.05, 0) is 47.2 Å². The number of benzene rings is 1. The van der Waals surface area contributed by atoms with Crippen molar-refractivity contribution in [3.05, 3.63) is 33.4 Å². The van der Waals surface area contributed by atoms with E-state index in [0.717, 1.165) is 9.13 Å². The van der Waals surface area contributed by atoms with Crippen molar-refractivity contribution in [2.45, 2.75) is 13.1 Å². The first-order valence-electron chi connectivity index (χ1n) is 3.09. The average Bonchev–Trinajstić information content (AvgIpc) is 1.88. The molecule has 0 spiro atoms.